The predicted octanol–water partition coefficient (Wildman–Crippen LogP) is 3.43. The van der Waals surface area contributed by atoms with Gasteiger partial charge >= 0.3 is 0 Å². The Kier molecular flexibility index (Phi) is 3.92. The van der Waals surface area contributed by atoms with Crippen LogP contribution in [0.3, 0.4) is 0 Å². The molecule has 0 bridgehead atoms. The van der Waals surface area contributed by atoms with E-state index in [1.165, 1.54) is 0 Å². The van der Waals surface area contributed by atoms with E-state index in [2.05, 4.69) is 13.5 Å². The van der Waals surface area contributed by atoms with Gasteiger partial charge in [0.05, 0.1) is 0 Å². The Morgan fingerprint density at radius 2 is 1.93 bits per heavy atom. The molecule has 1 rings (SSSR count). The molecule has 0 unspecified atom stereocenters. The second-order valence-electron chi connectivity index (χ2n) is 3.30. The van der Waals surface area contributed by atoms with Crippen molar-refractivity contribution in [1.29, 1.82) is 0 Å². The maximum Gasteiger partial charge on any atom is 0.252 e. The van der Waals surface area contributed by atoms with E-state index in [1.54, 1.807) is 12.1 Å². The van der Waals surface area contributed by atoms with Gasteiger partial charge in [0.2, 0.25) is 0 Å². The Labute approximate surface area is 95.2 Å². The summed E-state index contributed by atoms with van der Waals surface area (Å²) < 4.78 is 0. The average Bonchev–Trinajstić information content (AvgIpc) is 2.27. The van der Waals surface area contributed by atoms with E-state index in [4.69, 9.17) is 11.6 Å². The summed E-state index contributed by atoms with van der Waals surface area (Å²) in [5.74, 6) is 0. The van der Waals surface area contributed by atoms with Crippen molar-refractivity contribution in [2.75, 3.05) is 11.9 Å². The van der Waals surface area contributed by atoms with E-state index in [1.807, 2.05) is 24.1 Å². The molecule has 0 radical (unpaired) electrons. The number of carbonyl (C=O) groups is 1. The second-order valence-corrected chi connectivity index (χ2v) is 3.64. The lowest BCUT2D eigenvalue weighted by atomic mass is 10.2. The topological polar surface area (TPSA) is 20.3 Å². The SMILES string of the molecule is C=C(CC)N(C)c1ccc(C(=O)Cl)cc1. The maximum absolute atomic E-state index is 10.9. The average molecular weight is 224 g/mol. The zero-order valence-electron chi connectivity index (χ0n) is 8.96. The number of rotatable bonds is 4. The standard InChI is InChI=1S/C12H14ClNO/c1-4-9(2)14(3)11-7-5-10(6-8-11)12(13)15/h5-8H,2,4H2,1,3H3. The van der Waals surface area contributed by atoms with Crippen molar-refractivity contribution < 1.29 is 4.79 Å². The molecule has 0 atom stereocenters. The Morgan fingerprint density at radius 1 is 1.40 bits per heavy atom. The van der Waals surface area contributed by atoms with Crippen LogP contribution in [0.25, 0.3) is 0 Å². The van der Waals surface area contributed by atoms with Crippen molar-refractivity contribution in [3.05, 3.63) is 42.1 Å². The highest BCUT2D eigenvalue weighted by Crippen LogP contribution is 2.19. The van der Waals surface area contributed by atoms with Gasteiger partial charge in [-0.05, 0) is 42.3 Å². The molecule has 0 N–H and O–H groups in total. The number of carbonyl (C=O) groups excluding carboxylic acids is 1. The highest BCUT2D eigenvalue weighted by atomic mass is 35.5. The first-order valence-electron chi connectivity index (χ1n) is 4.77. The van der Waals surface area contributed by atoms with Crippen LogP contribution in [0.1, 0.15) is 23.7 Å². The third-order valence-electron chi connectivity index (χ3n) is 2.36. The van der Waals surface area contributed by atoms with E-state index >= 15 is 0 Å². The van der Waals surface area contributed by atoms with Crippen molar-refractivity contribution in [3.8, 4) is 0 Å². The minimum absolute atomic E-state index is 0.432. The third kappa shape index (κ3) is 2.83. The van der Waals surface area contributed by atoms with E-state index in [9.17, 15) is 4.79 Å². The van der Waals surface area contributed by atoms with Crippen LogP contribution >= 0.6 is 11.6 Å². The molecule has 0 aliphatic rings. The van der Waals surface area contributed by atoms with Crippen LogP contribution in [0.5, 0.6) is 0 Å². The molecule has 0 aliphatic heterocycles. The molecule has 0 aromatic heterocycles. The first kappa shape index (κ1) is 11.8. The van der Waals surface area contributed by atoms with Crippen LogP contribution in [0.2, 0.25) is 0 Å². The lowest BCUT2D eigenvalue weighted by Gasteiger charge is -2.20. The lowest BCUT2D eigenvalue weighted by molar-refractivity contribution is 0.108. The van der Waals surface area contributed by atoms with Crippen LogP contribution in [0.4, 0.5) is 5.69 Å². The third-order valence-corrected chi connectivity index (χ3v) is 2.58. The van der Waals surface area contributed by atoms with Gasteiger partial charge in [-0.2, -0.15) is 0 Å². The Bertz CT molecular complexity index is 370. The van der Waals surface area contributed by atoms with Gasteiger partial charge in [-0.3, -0.25) is 4.79 Å². The Morgan fingerprint density at radius 3 is 2.33 bits per heavy atom. The zero-order valence-corrected chi connectivity index (χ0v) is 9.71. The van der Waals surface area contributed by atoms with Gasteiger partial charge in [-0.15, -0.1) is 0 Å². The van der Waals surface area contributed by atoms with Crippen molar-refractivity contribution >= 4 is 22.5 Å². The van der Waals surface area contributed by atoms with Crippen molar-refractivity contribution in [2.45, 2.75) is 13.3 Å². The number of anilines is 1. The molecular formula is C12H14ClNO. The molecule has 0 saturated carbocycles. The summed E-state index contributed by atoms with van der Waals surface area (Å²) in [6, 6.07) is 7.14. The molecule has 0 fully saturated rings. The molecule has 0 saturated heterocycles. The van der Waals surface area contributed by atoms with Crippen LogP contribution in [0, 0.1) is 0 Å². The Hall–Kier alpha value is -1.28. The summed E-state index contributed by atoms with van der Waals surface area (Å²) in [5.41, 5.74) is 2.54. The molecule has 0 amide bonds. The summed E-state index contributed by atoms with van der Waals surface area (Å²) in [7, 11) is 1.95. The first-order chi connectivity index (χ1) is 7.06. The summed E-state index contributed by atoms with van der Waals surface area (Å²) in [4.78, 5) is 12.8. The molecule has 0 heterocycles. The zero-order chi connectivity index (χ0) is 11.4. The number of allylic oxidation sites excluding steroid dienone is 1. The predicted molar refractivity (Wildman–Crippen MR) is 64.5 cm³/mol. The number of hydrogen-bond donors (Lipinski definition) is 0. The van der Waals surface area contributed by atoms with E-state index in [0.717, 1.165) is 17.8 Å². The minimum Gasteiger partial charge on any atom is -0.349 e. The molecule has 0 spiro atoms. The number of benzene rings is 1. The molecule has 1 aromatic carbocycles. The van der Waals surface area contributed by atoms with Crippen molar-refractivity contribution in [3.63, 3.8) is 0 Å². The van der Waals surface area contributed by atoms with E-state index in [-0.39, 0.29) is 0 Å². The highest BCUT2D eigenvalue weighted by molar-refractivity contribution is 6.67. The fraction of sp³-hybridized carbons (Fsp3) is 0.250. The van der Waals surface area contributed by atoms with Crippen LogP contribution in [-0.4, -0.2) is 12.3 Å². The molecule has 0 aliphatic carbocycles. The number of halogens is 1. The maximum atomic E-state index is 10.9. The smallest absolute Gasteiger partial charge is 0.252 e. The summed E-state index contributed by atoms with van der Waals surface area (Å²) in [5, 5.41) is -0.432. The van der Waals surface area contributed by atoms with Crippen LogP contribution in [0.15, 0.2) is 36.5 Å². The van der Waals surface area contributed by atoms with Gasteiger partial charge in [-0.1, -0.05) is 13.5 Å². The number of nitrogens with zero attached hydrogens (tertiary/aromatic N) is 1. The molecule has 15 heavy (non-hydrogen) atoms. The number of hydrogen-bond acceptors (Lipinski definition) is 2. The summed E-state index contributed by atoms with van der Waals surface area (Å²) in [6.07, 6.45) is 0.896. The van der Waals surface area contributed by atoms with Crippen molar-refractivity contribution in [2.24, 2.45) is 0 Å². The van der Waals surface area contributed by atoms with Gasteiger partial charge < -0.3 is 4.90 Å². The molecule has 2 nitrogen and oxygen atoms in total. The van der Waals surface area contributed by atoms with Crippen LogP contribution < -0.4 is 4.90 Å². The molecule has 1 aromatic rings. The highest BCUT2D eigenvalue weighted by Gasteiger charge is 2.05. The summed E-state index contributed by atoms with van der Waals surface area (Å²) in [6.45, 7) is 5.99. The molecular weight excluding hydrogens is 210 g/mol. The van der Waals surface area contributed by atoms with E-state index < -0.39 is 5.24 Å². The Balaban J connectivity index is 2.89. The molecule has 3 heteroatoms. The lowest BCUT2D eigenvalue weighted by Crippen LogP contribution is -2.14. The van der Waals surface area contributed by atoms with Gasteiger partial charge in [0.1, 0.15) is 0 Å². The quantitative estimate of drug-likeness (QED) is 0.729. The molecule has 80 valence electrons. The minimum atomic E-state index is -0.432. The monoisotopic (exact) mass is 223 g/mol. The largest absolute Gasteiger partial charge is 0.349 e. The van der Waals surface area contributed by atoms with Crippen LogP contribution in [-0.2, 0) is 0 Å². The van der Waals surface area contributed by atoms with Crippen molar-refractivity contribution in [1.82, 2.24) is 0 Å². The van der Waals surface area contributed by atoms with Gasteiger partial charge in [0.15, 0.2) is 0 Å². The fourth-order valence-corrected chi connectivity index (χ4v) is 1.36. The van der Waals surface area contributed by atoms with Gasteiger partial charge in [0, 0.05) is 24.0 Å². The normalized spacial score (nSPS) is 9.80. The van der Waals surface area contributed by atoms with Gasteiger partial charge in [0.25, 0.3) is 5.24 Å². The fourth-order valence-electron chi connectivity index (χ4n) is 1.24. The van der Waals surface area contributed by atoms with E-state index in [0.29, 0.717) is 5.56 Å². The van der Waals surface area contributed by atoms with Gasteiger partial charge in [-0.25, -0.2) is 0 Å². The first-order valence-corrected chi connectivity index (χ1v) is 5.15. The summed E-state index contributed by atoms with van der Waals surface area (Å²) >= 11 is 5.35. The second kappa shape index (κ2) is 4.99.